The van der Waals surface area contributed by atoms with Crippen molar-refractivity contribution >= 4 is 5.91 Å². The largest absolute Gasteiger partial charge is 0.486 e. The summed E-state index contributed by atoms with van der Waals surface area (Å²) in [5.41, 5.74) is 2.14. The maximum Gasteiger partial charge on any atom is 0.227 e. The van der Waals surface area contributed by atoms with Crippen LogP contribution in [-0.2, 0) is 11.2 Å². The highest BCUT2D eigenvalue weighted by Gasteiger charge is 2.22. The first kappa shape index (κ1) is 14.2. The maximum absolute atomic E-state index is 12.4. The lowest BCUT2D eigenvalue weighted by molar-refractivity contribution is -0.131. The molecule has 1 saturated heterocycles. The zero-order chi connectivity index (χ0) is 14.8. The fourth-order valence-corrected chi connectivity index (χ4v) is 2.96. The summed E-state index contributed by atoms with van der Waals surface area (Å²) in [5.74, 6) is 2.52. The topological polar surface area (TPSA) is 38.8 Å². The van der Waals surface area contributed by atoms with Crippen LogP contribution in [0.5, 0.6) is 11.5 Å². The molecule has 0 N–H and O–H groups in total. The van der Waals surface area contributed by atoms with Crippen molar-refractivity contribution in [2.75, 3.05) is 26.3 Å². The summed E-state index contributed by atoms with van der Waals surface area (Å²) in [5, 5.41) is 0. The molecule has 4 nitrogen and oxygen atoms in total. The van der Waals surface area contributed by atoms with Crippen LogP contribution in [0, 0.1) is 12.8 Å². The average molecular weight is 289 g/mol. The van der Waals surface area contributed by atoms with E-state index in [2.05, 4.69) is 6.92 Å². The number of fused-ring (bicyclic) bond motifs is 1. The number of carbonyl (C=O) groups is 1. The van der Waals surface area contributed by atoms with Gasteiger partial charge in [-0.25, -0.2) is 0 Å². The van der Waals surface area contributed by atoms with Gasteiger partial charge in [0.25, 0.3) is 0 Å². The monoisotopic (exact) mass is 289 g/mol. The van der Waals surface area contributed by atoms with Gasteiger partial charge in [-0.15, -0.1) is 0 Å². The number of carbonyl (C=O) groups excluding carboxylic acids is 1. The fourth-order valence-electron chi connectivity index (χ4n) is 2.96. The molecule has 0 saturated carbocycles. The van der Waals surface area contributed by atoms with Gasteiger partial charge < -0.3 is 14.4 Å². The minimum absolute atomic E-state index is 0.224. The number of nitrogens with zero attached hydrogens (tertiary/aromatic N) is 1. The number of ether oxygens (including phenoxy) is 2. The van der Waals surface area contributed by atoms with Crippen molar-refractivity contribution in [3.8, 4) is 11.5 Å². The molecule has 4 heteroatoms. The minimum Gasteiger partial charge on any atom is -0.486 e. The SMILES string of the molecule is Cc1cc2c(cc1CC(=O)N1CCC(C)CC1)OCCO2. The smallest absolute Gasteiger partial charge is 0.227 e. The van der Waals surface area contributed by atoms with Gasteiger partial charge in [0.05, 0.1) is 6.42 Å². The lowest BCUT2D eigenvalue weighted by Gasteiger charge is -2.30. The fraction of sp³-hybridized carbons (Fsp3) is 0.588. The van der Waals surface area contributed by atoms with Crippen molar-refractivity contribution in [1.82, 2.24) is 4.90 Å². The molecule has 0 aromatic heterocycles. The van der Waals surface area contributed by atoms with Crippen LogP contribution in [0.25, 0.3) is 0 Å². The lowest BCUT2D eigenvalue weighted by Crippen LogP contribution is -2.38. The van der Waals surface area contributed by atoms with Crippen LogP contribution in [0.4, 0.5) is 0 Å². The lowest BCUT2D eigenvalue weighted by atomic mass is 9.98. The predicted molar refractivity (Wildman–Crippen MR) is 80.9 cm³/mol. The van der Waals surface area contributed by atoms with Crippen molar-refractivity contribution in [2.24, 2.45) is 5.92 Å². The molecule has 114 valence electrons. The van der Waals surface area contributed by atoms with Gasteiger partial charge in [0, 0.05) is 13.1 Å². The molecule has 1 fully saturated rings. The van der Waals surface area contributed by atoms with E-state index in [1.807, 2.05) is 24.0 Å². The van der Waals surface area contributed by atoms with Gasteiger partial charge in [0.2, 0.25) is 5.91 Å². The maximum atomic E-state index is 12.4. The average Bonchev–Trinajstić information content (AvgIpc) is 2.48. The summed E-state index contributed by atoms with van der Waals surface area (Å²) in [6.07, 6.45) is 2.69. The molecule has 0 unspecified atom stereocenters. The molecule has 2 aliphatic heterocycles. The van der Waals surface area contributed by atoms with Crippen molar-refractivity contribution in [3.05, 3.63) is 23.3 Å². The van der Waals surface area contributed by atoms with Crippen molar-refractivity contribution < 1.29 is 14.3 Å². The van der Waals surface area contributed by atoms with E-state index in [1.165, 1.54) is 0 Å². The highest BCUT2D eigenvalue weighted by atomic mass is 16.6. The molecule has 1 amide bonds. The standard InChI is InChI=1S/C17H23NO3/c1-12-3-5-18(6-4-12)17(19)11-14-10-16-15(9-13(14)2)20-7-8-21-16/h9-10,12H,3-8,11H2,1-2H3. The van der Waals surface area contributed by atoms with Gasteiger partial charge in [0.1, 0.15) is 13.2 Å². The molecule has 3 rings (SSSR count). The van der Waals surface area contributed by atoms with E-state index < -0.39 is 0 Å². The molecule has 0 radical (unpaired) electrons. The summed E-state index contributed by atoms with van der Waals surface area (Å²) in [7, 11) is 0. The highest BCUT2D eigenvalue weighted by Crippen LogP contribution is 2.33. The summed E-state index contributed by atoms with van der Waals surface area (Å²) >= 11 is 0. The quantitative estimate of drug-likeness (QED) is 0.840. The molecule has 2 aliphatic rings. The van der Waals surface area contributed by atoms with Crippen LogP contribution in [0.15, 0.2) is 12.1 Å². The van der Waals surface area contributed by atoms with Gasteiger partial charge in [-0.05, 0) is 48.9 Å². The van der Waals surface area contributed by atoms with Crippen LogP contribution >= 0.6 is 0 Å². The third-order valence-electron chi connectivity index (χ3n) is 4.48. The molecule has 2 heterocycles. The number of rotatable bonds is 2. The number of benzene rings is 1. The molecule has 1 aromatic rings. The molecule has 1 aromatic carbocycles. The summed E-state index contributed by atoms with van der Waals surface area (Å²) in [6, 6.07) is 3.95. The number of hydrogen-bond acceptors (Lipinski definition) is 3. The zero-order valence-electron chi connectivity index (χ0n) is 12.9. The van der Waals surface area contributed by atoms with E-state index in [9.17, 15) is 4.79 Å². The van der Waals surface area contributed by atoms with E-state index in [-0.39, 0.29) is 5.91 Å². The van der Waals surface area contributed by atoms with E-state index in [0.29, 0.717) is 19.6 Å². The van der Waals surface area contributed by atoms with Crippen LogP contribution in [0.2, 0.25) is 0 Å². The summed E-state index contributed by atoms with van der Waals surface area (Å²) in [6.45, 7) is 7.24. The Morgan fingerprint density at radius 3 is 2.48 bits per heavy atom. The van der Waals surface area contributed by atoms with E-state index in [1.54, 1.807) is 0 Å². The number of aryl methyl sites for hydroxylation is 1. The van der Waals surface area contributed by atoms with Gasteiger partial charge in [-0.1, -0.05) is 6.92 Å². The van der Waals surface area contributed by atoms with Gasteiger partial charge >= 0.3 is 0 Å². The molecule has 21 heavy (non-hydrogen) atoms. The summed E-state index contributed by atoms with van der Waals surface area (Å²) < 4.78 is 11.2. The Bertz CT molecular complexity index is 533. The third-order valence-corrected chi connectivity index (χ3v) is 4.48. The van der Waals surface area contributed by atoms with Crippen LogP contribution in [-0.4, -0.2) is 37.1 Å². The Kier molecular flexibility index (Phi) is 4.04. The number of likely N-dealkylation sites (tertiary alicyclic amines) is 1. The number of piperidine rings is 1. The second kappa shape index (κ2) is 5.96. The Hall–Kier alpha value is -1.71. The van der Waals surface area contributed by atoms with Crippen molar-refractivity contribution in [1.29, 1.82) is 0 Å². The molecule has 0 spiro atoms. The highest BCUT2D eigenvalue weighted by molar-refractivity contribution is 5.79. The van der Waals surface area contributed by atoms with Crippen molar-refractivity contribution in [2.45, 2.75) is 33.1 Å². The van der Waals surface area contributed by atoms with Crippen molar-refractivity contribution in [3.63, 3.8) is 0 Å². The zero-order valence-corrected chi connectivity index (χ0v) is 12.9. The molecule has 0 bridgehead atoms. The van der Waals surface area contributed by atoms with Gasteiger partial charge in [-0.2, -0.15) is 0 Å². The second-order valence-electron chi connectivity index (χ2n) is 6.16. The first-order valence-corrected chi connectivity index (χ1v) is 7.80. The second-order valence-corrected chi connectivity index (χ2v) is 6.16. The van der Waals surface area contributed by atoms with E-state index in [0.717, 1.165) is 54.5 Å². The Balaban J connectivity index is 1.71. The third kappa shape index (κ3) is 3.14. The Labute approximate surface area is 126 Å². The molecule has 0 aliphatic carbocycles. The van der Waals surface area contributed by atoms with Gasteiger partial charge in [-0.3, -0.25) is 4.79 Å². The van der Waals surface area contributed by atoms with E-state index in [4.69, 9.17) is 9.47 Å². The minimum atomic E-state index is 0.224. The predicted octanol–water partition coefficient (Wildman–Crippen LogP) is 2.57. The normalized spacial score (nSPS) is 18.7. The first-order valence-electron chi connectivity index (χ1n) is 7.80. The molecular formula is C17H23NO3. The first-order chi connectivity index (χ1) is 10.1. The Morgan fingerprint density at radius 1 is 1.19 bits per heavy atom. The molecular weight excluding hydrogens is 266 g/mol. The van der Waals surface area contributed by atoms with E-state index >= 15 is 0 Å². The molecule has 0 atom stereocenters. The van der Waals surface area contributed by atoms with Crippen LogP contribution < -0.4 is 9.47 Å². The Morgan fingerprint density at radius 2 is 1.81 bits per heavy atom. The number of hydrogen-bond donors (Lipinski definition) is 0. The summed E-state index contributed by atoms with van der Waals surface area (Å²) in [4.78, 5) is 14.4. The van der Waals surface area contributed by atoms with Gasteiger partial charge in [0.15, 0.2) is 11.5 Å². The number of amides is 1. The van der Waals surface area contributed by atoms with Crippen LogP contribution in [0.3, 0.4) is 0 Å². The van der Waals surface area contributed by atoms with Crippen LogP contribution in [0.1, 0.15) is 30.9 Å².